The van der Waals surface area contributed by atoms with Gasteiger partial charge in [-0.25, -0.2) is 13.2 Å². The van der Waals surface area contributed by atoms with Crippen LogP contribution in [0.5, 0.6) is 0 Å². The molecule has 8 nitrogen and oxygen atoms in total. The fourth-order valence-electron chi connectivity index (χ4n) is 1.31. The molecule has 0 amide bonds. The van der Waals surface area contributed by atoms with Crippen LogP contribution in [0.1, 0.15) is 10.4 Å². The highest BCUT2D eigenvalue weighted by atomic mass is 32.2. The van der Waals surface area contributed by atoms with Gasteiger partial charge >= 0.3 is 5.97 Å². The van der Waals surface area contributed by atoms with E-state index in [0.717, 1.165) is 29.5 Å². The first-order valence-corrected chi connectivity index (χ1v) is 7.18. The number of carboxylic acid groups (broad SMARTS) is 1. The molecule has 0 fully saturated rings. The lowest BCUT2D eigenvalue weighted by Gasteiger charge is -2.08. The van der Waals surface area contributed by atoms with E-state index in [4.69, 9.17) is 10.8 Å². The van der Waals surface area contributed by atoms with E-state index in [0.29, 0.717) is 0 Å². The number of nitrogens with one attached hydrogen (secondary N) is 1. The van der Waals surface area contributed by atoms with E-state index >= 15 is 0 Å². The second-order valence-electron chi connectivity index (χ2n) is 3.41. The Morgan fingerprint density at radius 2 is 2.16 bits per heavy atom. The lowest BCUT2D eigenvalue weighted by molar-refractivity contribution is 0.0697. The zero-order valence-corrected chi connectivity index (χ0v) is 10.9. The van der Waals surface area contributed by atoms with Gasteiger partial charge in [0.05, 0.1) is 11.3 Å². The SMILES string of the molecule is Nc1cc(C(=O)O)ccc1S(=O)(=O)Nc1nncs1. The van der Waals surface area contributed by atoms with Crippen molar-refractivity contribution in [2.24, 2.45) is 0 Å². The molecule has 0 unspecified atom stereocenters. The monoisotopic (exact) mass is 300 g/mol. The third-order valence-electron chi connectivity index (χ3n) is 2.13. The van der Waals surface area contributed by atoms with Crippen LogP contribution < -0.4 is 10.5 Å². The Hall–Kier alpha value is -2.20. The van der Waals surface area contributed by atoms with E-state index in [1.165, 1.54) is 5.51 Å². The van der Waals surface area contributed by atoms with Crippen molar-refractivity contribution in [3.63, 3.8) is 0 Å². The van der Waals surface area contributed by atoms with Crippen LogP contribution in [0.15, 0.2) is 28.6 Å². The summed E-state index contributed by atoms with van der Waals surface area (Å²) >= 11 is 1.01. The molecule has 0 radical (unpaired) electrons. The molecule has 0 saturated carbocycles. The number of nitrogens with zero attached hydrogens (tertiary/aromatic N) is 2. The number of hydrogen-bond donors (Lipinski definition) is 3. The van der Waals surface area contributed by atoms with Gasteiger partial charge in [-0.3, -0.25) is 4.72 Å². The maximum absolute atomic E-state index is 12.0. The minimum Gasteiger partial charge on any atom is -0.478 e. The van der Waals surface area contributed by atoms with Crippen molar-refractivity contribution in [1.82, 2.24) is 10.2 Å². The molecule has 0 aliphatic heterocycles. The number of hydrogen-bond acceptors (Lipinski definition) is 7. The molecular weight excluding hydrogens is 292 g/mol. The number of rotatable bonds is 4. The molecule has 0 atom stereocenters. The van der Waals surface area contributed by atoms with Crippen LogP contribution in [0.4, 0.5) is 10.8 Å². The third kappa shape index (κ3) is 2.80. The van der Waals surface area contributed by atoms with Gasteiger partial charge in [-0.2, -0.15) is 0 Å². The van der Waals surface area contributed by atoms with Gasteiger partial charge in [0.2, 0.25) is 5.13 Å². The van der Waals surface area contributed by atoms with Gasteiger partial charge in [-0.1, -0.05) is 11.3 Å². The number of benzene rings is 1. The number of sulfonamides is 1. The van der Waals surface area contributed by atoms with Crippen LogP contribution in [0, 0.1) is 0 Å². The summed E-state index contributed by atoms with van der Waals surface area (Å²) in [6.45, 7) is 0. The number of anilines is 2. The molecular formula is C9H8N4O4S2. The molecule has 0 aliphatic carbocycles. The number of nitrogen functional groups attached to an aromatic ring is 1. The summed E-state index contributed by atoms with van der Waals surface area (Å²) < 4.78 is 26.2. The van der Waals surface area contributed by atoms with Gasteiger partial charge < -0.3 is 10.8 Å². The molecule has 0 aliphatic rings. The van der Waals surface area contributed by atoms with Crippen molar-refractivity contribution >= 4 is 38.1 Å². The standard InChI is InChI=1S/C9H8N4O4S2/c10-6-3-5(8(14)15)1-2-7(6)19(16,17)13-9-12-11-4-18-9/h1-4H,10H2,(H,12,13)(H,14,15). The van der Waals surface area contributed by atoms with E-state index in [1.54, 1.807) is 0 Å². The van der Waals surface area contributed by atoms with Crippen molar-refractivity contribution in [2.45, 2.75) is 4.90 Å². The van der Waals surface area contributed by atoms with Crippen LogP contribution in [0.2, 0.25) is 0 Å². The van der Waals surface area contributed by atoms with E-state index in [2.05, 4.69) is 14.9 Å². The zero-order chi connectivity index (χ0) is 14.0. The molecule has 19 heavy (non-hydrogen) atoms. The minimum absolute atomic E-state index is 0.0904. The first-order chi connectivity index (χ1) is 8.90. The summed E-state index contributed by atoms with van der Waals surface area (Å²) in [5, 5.41) is 15.9. The van der Waals surface area contributed by atoms with Gasteiger partial charge in [-0.15, -0.1) is 10.2 Å². The first kappa shape index (κ1) is 13.2. The molecule has 100 valence electrons. The fraction of sp³-hybridized carbons (Fsp3) is 0. The summed E-state index contributed by atoms with van der Waals surface area (Å²) in [7, 11) is -3.92. The number of aromatic carboxylic acids is 1. The molecule has 0 bridgehead atoms. The Morgan fingerprint density at radius 1 is 1.42 bits per heavy atom. The summed E-state index contributed by atoms with van der Waals surface area (Å²) in [6, 6.07) is 3.37. The highest BCUT2D eigenvalue weighted by Crippen LogP contribution is 2.23. The first-order valence-electron chi connectivity index (χ1n) is 4.82. The van der Waals surface area contributed by atoms with Crippen molar-refractivity contribution in [3.05, 3.63) is 29.3 Å². The molecule has 4 N–H and O–H groups in total. The predicted molar refractivity (Wildman–Crippen MR) is 68.5 cm³/mol. The molecule has 0 saturated heterocycles. The lowest BCUT2D eigenvalue weighted by atomic mass is 10.2. The van der Waals surface area contributed by atoms with E-state index < -0.39 is 16.0 Å². The predicted octanol–water partition coefficient (Wildman–Crippen LogP) is 0.619. The number of carboxylic acids is 1. The Balaban J connectivity index is 2.38. The van der Waals surface area contributed by atoms with Crippen molar-refractivity contribution in [2.75, 3.05) is 10.5 Å². The zero-order valence-electron chi connectivity index (χ0n) is 9.27. The largest absolute Gasteiger partial charge is 0.478 e. The number of aromatic nitrogens is 2. The second-order valence-corrected chi connectivity index (χ2v) is 5.89. The topological polar surface area (TPSA) is 135 Å². The molecule has 2 aromatic rings. The average Bonchev–Trinajstić information content (AvgIpc) is 2.80. The van der Waals surface area contributed by atoms with Crippen LogP contribution in [0.25, 0.3) is 0 Å². The average molecular weight is 300 g/mol. The van der Waals surface area contributed by atoms with Crippen LogP contribution >= 0.6 is 11.3 Å². The summed E-state index contributed by atoms with van der Waals surface area (Å²) in [6.07, 6.45) is 0. The summed E-state index contributed by atoms with van der Waals surface area (Å²) in [5.74, 6) is -1.19. The highest BCUT2D eigenvalue weighted by molar-refractivity contribution is 7.93. The Morgan fingerprint density at radius 3 is 2.68 bits per heavy atom. The van der Waals surface area contributed by atoms with Gasteiger partial charge in [-0.05, 0) is 18.2 Å². The van der Waals surface area contributed by atoms with E-state index in [9.17, 15) is 13.2 Å². The van der Waals surface area contributed by atoms with Crippen molar-refractivity contribution < 1.29 is 18.3 Å². The summed E-state index contributed by atoms with van der Waals surface area (Å²) in [4.78, 5) is 10.5. The molecule has 2 rings (SSSR count). The molecule has 1 aromatic heterocycles. The van der Waals surface area contributed by atoms with Gasteiger partial charge in [0.25, 0.3) is 10.0 Å². The molecule has 0 spiro atoms. The van der Waals surface area contributed by atoms with Crippen LogP contribution in [-0.2, 0) is 10.0 Å². The highest BCUT2D eigenvalue weighted by Gasteiger charge is 2.20. The van der Waals surface area contributed by atoms with Crippen LogP contribution in [0.3, 0.4) is 0 Å². The molecule has 1 heterocycles. The maximum atomic E-state index is 12.0. The fourth-order valence-corrected chi connectivity index (χ4v) is 3.12. The number of carbonyl (C=O) groups is 1. The van der Waals surface area contributed by atoms with Gasteiger partial charge in [0, 0.05) is 0 Å². The molecule has 1 aromatic carbocycles. The Labute approximate surface area is 112 Å². The van der Waals surface area contributed by atoms with Gasteiger partial charge in [0.15, 0.2) is 0 Å². The molecule has 10 heteroatoms. The van der Waals surface area contributed by atoms with Crippen molar-refractivity contribution in [3.8, 4) is 0 Å². The second kappa shape index (κ2) is 4.82. The van der Waals surface area contributed by atoms with Crippen LogP contribution in [-0.4, -0.2) is 29.7 Å². The van der Waals surface area contributed by atoms with E-state index in [1.807, 2.05) is 0 Å². The lowest BCUT2D eigenvalue weighted by Crippen LogP contribution is -2.15. The Bertz CT molecular complexity index is 712. The third-order valence-corrected chi connectivity index (χ3v) is 4.28. The quantitative estimate of drug-likeness (QED) is 0.704. The minimum atomic E-state index is -3.92. The van der Waals surface area contributed by atoms with Crippen molar-refractivity contribution in [1.29, 1.82) is 0 Å². The summed E-state index contributed by atoms with van der Waals surface area (Å²) in [5.41, 5.74) is 6.68. The van der Waals surface area contributed by atoms with E-state index in [-0.39, 0.29) is 21.3 Å². The number of nitrogens with two attached hydrogens (primary N) is 1. The van der Waals surface area contributed by atoms with Gasteiger partial charge in [0.1, 0.15) is 10.4 Å². The smallest absolute Gasteiger partial charge is 0.335 e. The normalized spacial score (nSPS) is 11.2. The Kier molecular flexibility index (Phi) is 3.36. The maximum Gasteiger partial charge on any atom is 0.335 e.